The first kappa shape index (κ1) is 14.6. The molecular formula is C14H19NO5S. The van der Waals surface area contributed by atoms with Gasteiger partial charge < -0.3 is 19.9 Å². The molecule has 0 bridgehead atoms. The Kier molecular flexibility index (Phi) is 4.05. The molecule has 1 aromatic carbocycles. The molecule has 0 aromatic heterocycles. The second kappa shape index (κ2) is 5.82. The van der Waals surface area contributed by atoms with Crippen molar-refractivity contribution in [3.63, 3.8) is 0 Å². The van der Waals surface area contributed by atoms with Gasteiger partial charge in [0, 0.05) is 19.3 Å². The zero-order valence-corrected chi connectivity index (χ0v) is 12.5. The van der Waals surface area contributed by atoms with Crippen LogP contribution in [0.3, 0.4) is 0 Å². The van der Waals surface area contributed by atoms with Crippen LogP contribution in [-0.2, 0) is 14.6 Å². The average Bonchev–Trinajstić information content (AvgIpc) is 2.95. The van der Waals surface area contributed by atoms with E-state index in [2.05, 4.69) is 0 Å². The first-order valence-electron chi connectivity index (χ1n) is 7.01. The first-order chi connectivity index (χ1) is 10.1. The van der Waals surface area contributed by atoms with Crippen molar-refractivity contribution in [1.29, 1.82) is 0 Å². The molecule has 3 rings (SSSR count). The number of hydrogen-bond acceptors (Lipinski definition) is 6. The summed E-state index contributed by atoms with van der Waals surface area (Å²) in [5.41, 5.74) is 6.82. The number of ether oxygens (including phenoxy) is 3. The largest absolute Gasteiger partial charge is 0.454 e. The lowest BCUT2D eigenvalue weighted by Gasteiger charge is -2.23. The van der Waals surface area contributed by atoms with Crippen LogP contribution in [0.2, 0.25) is 0 Å². The first-order valence-corrected chi connectivity index (χ1v) is 8.72. The van der Waals surface area contributed by atoms with Crippen LogP contribution in [0.15, 0.2) is 18.2 Å². The molecule has 1 aromatic rings. The maximum atomic E-state index is 12.4. The average molecular weight is 313 g/mol. The van der Waals surface area contributed by atoms with Gasteiger partial charge in [-0.05, 0) is 30.5 Å². The number of hydrogen-bond donors (Lipinski definition) is 1. The van der Waals surface area contributed by atoms with Gasteiger partial charge in [0.15, 0.2) is 21.3 Å². The van der Waals surface area contributed by atoms with Gasteiger partial charge in [-0.15, -0.1) is 0 Å². The molecular weight excluding hydrogens is 294 g/mol. The lowest BCUT2D eigenvalue weighted by molar-refractivity contribution is 0.0983. The van der Waals surface area contributed by atoms with Crippen molar-refractivity contribution in [2.24, 2.45) is 5.73 Å². The fraction of sp³-hybridized carbons (Fsp3) is 0.571. The van der Waals surface area contributed by atoms with Crippen LogP contribution in [0.4, 0.5) is 0 Å². The standard InChI is InChI=1S/C14H19NO5S/c15-12(8-21(16,17)11-3-5-18-6-4-11)10-1-2-13-14(7-10)20-9-19-13/h1-2,7,11-12H,3-6,8-9,15H2. The zero-order chi connectivity index (χ0) is 14.9. The Balaban J connectivity index is 1.71. The van der Waals surface area contributed by atoms with E-state index in [4.69, 9.17) is 19.9 Å². The van der Waals surface area contributed by atoms with E-state index in [1.54, 1.807) is 18.2 Å². The van der Waals surface area contributed by atoms with Crippen molar-refractivity contribution in [3.05, 3.63) is 23.8 Å². The van der Waals surface area contributed by atoms with Crippen molar-refractivity contribution in [3.8, 4) is 11.5 Å². The summed E-state index contributed by atoms with van der Waals surface area (Å²) in [6.07, 6.45) is 1.10. The Morgan fingerprint density at radius 3 is 2.67 bits per heavy atom. The van der Waals surface area contributed by atoms with Gasteiger partial charge in [0.05, 0.1) is 11.0 Å². The number of benzene rings is 1. The summed E-state index contributed by atoms with van der Waals surface area (Å²) in [5.74, 6) is 1.22. The SMILES string of the molecule is NC(CS(=O)(=O)C1CCOCC1)c1ccc2c(c1)OCO2. The molecule has 116 valence electrons. The van der Waals surface area contributed by atoms with Crippen LogP contribution in [0, 0.1) is 0 Å². The molecule has 0 aliphatic carbocycles. The monoisotopic (exact) mass is 313 g/mol. The van der Waals surface area contributed by atoms with E-state index in [-0.39, 0.29) is 17.8 Å². The van der Waals surface area contributed by atoms with Gasteiger partial charge >= 0.3 is 0 Å². The molecule has 1 fully saturated rings. The van der Waals surface area contributed by atoms with Crippen LogP contribution >= 0.6 is 0 Å². The molecule has 2 N–H and O–H groups in total. The van der Waals surface area contributed by atoms with Crippen LogP contribution < -0.4 is 15.2 Å². The molecule has 2 aliphatic heterocycles. The maximum Gasteiger partial charge on any atom is 0.231 e. The fourth-order valence-corrected chi connectivity index (χ4v) is 4.54. The molecule has 21 heavy (non-hydrogen) atoms. The van der Waals surface area contributed by atoms with E-state index >= 15 is 0 Å². The smallest absolute Gasteiger partial charge is 0.231 e. The molecule has 0 amide bonds. The van der Waals surface area contributed by atoms with Gasteiger partial charge in [-0.25, -0.2) is 8.42 Å². The third-order valence-electron chi connectivity index (χ3n) is 3.91. The predicted molar refractivity (Wildman–Crippen MR) is 77.1 cm³/mol. The van der Waals surface area contributed by atoms with Gasteiger partial charge in [-0.1, -0.05) is 6.07 Å². The number of rotatable bonds is 4. The van der Waals surface area contributed by atoms with E-state index in [0.717, 1.165) is 5.56 Å². The van der Waals surface area contributed by atoms with Gasteiger partial charge in [0.25, 0.3) is 0 Å². The molecule has 2 aliphatic rings. The van der Waals surface area contributed by atoms with Crippen LogP contribution in [0.25, 0.3) is 0 Å². The molecule has 6 nitrogen and oxygen atoms in total. The summed E-state index contributed by atoms with van der Waals surface area (Å²) in [7, 11) is -3.22. The zero-order valence-electron chi connectivity index (χ0n) is 11.7. The Bertz CT molecular complexity index is 610. The minimum atomic E-state index is -3.22. The summed E-state index contributed by atoms with van der Waals surface area (Å²) in [4.78, 5) is 0. The summed E-state index contributed by atoms with van der Waals surface area (Å²) >= 11 is 0. The molecule has 2 heterocycles. The maximum absolute atomic E-state index is 12.4. The third-order valence-corrected chi connectivity index (χ3v) is 6.22. The highest BCUT2D eigenvalue weighted by molar-refractivity contribution is 7.92. The van der Waals surface area contributed by atoms with E-state index < -0.39 is 15.9 Å². The van der Waals surface area contributed by atoms with Crippen molar-refractivity contribution in [2.45, 2.75) is 24.1 Å². The summed E-state index contributed by atoms with van der Waals surface area (Å²) in [6, 6.07) is 4.75. The van der Waals surface area contributed by atoms with Gasteiger partial charge in [-0.2, -0.15) is 0 Å². The Morgan fingerprint density at radius 1 is 1.19 bits per heavy atom. The van der Waals surface area contributed by atoms with Gasteiger partial charge in [-0.3, -0.25) is 0 Å². The molecule has 1 saturated heterocycles. The van der Waals surface area contributed by atoms with Gasteiger partial charge in [0.1, 0.15) is 0 Å². The molecule has 1 unspecified atom stereocenters. The molecule has 0 saturated carbocycles. The van der Waals surface area contributed by atoms with Crippen molar-refractivity contribution in [2.75, 3.05) is 25.8 Å². The highest BCUT2D eigenvalue weighted by atomic mass is 32.2. The van der Waals surface area contributed by atoms with Crippen molar-refractivity contribution in [1.82, 2.24) is 0 Å². The Morgan fingerprint density at radius 2 is 1.90 bits per heavy atom. The number of nitrogens with two attached hydrogens (primary N) is 1. The molecule has 0 spiro atoms. The number of sulfone groups is 1. The van der Waals surface area contributed by atoms with Crippen molar-refractivity contribution >= 4 is 9.84 Å². The van der Waals surface area contributed by atoms with E-state index in [1.807, 2.05) is 0 Å². The lowest BCUT2D eigenvalue weighted by Crippen LogP contribution is -2.34. The topological polar surface area (TPSA) is 87.9 Å². The highest BCUT2D eigenvalue weighted by Crippen LogP contribution is 2.34. The quantitative estimate of drug-likeness (QED) is 0.892. The minimum absolute atomic E-state index is 0.0582. The van der Waals surface area contributed by atoms with Gasteiger partial charge in [0.2, 0.25) is 6.79 Å². The molecule has 7 heteroatoms. The second-order valence-electron chi connectivity index (χ2n) is 5.36. The number of fused-ring (bicyclic) bond motifs is 1. The van der Waals surface area contributed by atoms with Crippen LogP contribution in [0.1, 0.15) is 24.4 Å². The van der Waals surface area contributed by atoms with E-state index in [0.29, 0.717) is 37.6 Å². The second-order valence-corrected chi connectivity index (χ2v) is 7.69. The molecule has 1 atom stereocenters. The normalized spacial score (nSPS) is 20.4. The van der Waals surface area contributed by atoms with E-state index in [1.165, 1.54) is 0 Å². The van der Waals surface area contributed by atoms with E-state index in [9.17, 15) is 8.42 Å². The Labute approximate surface area is 124 Å². The molecule has 0 radical (unpaired) electrons. The lowest BCUT2D eigenvalue weighted by atomic mass is 10.1. The Hall–Kier alpha value is -1.31. The van der Waals surface area contributed by atoms with Crippen LogP contribution in [0.5, 0.6) is 11.5 Å². The fourth-order valence-electron chi connectivity index (χ4n) is 2.66. The van der Waals surface area contributed by atoms with Crippen LogP contribution in [-0.4, -0.2) is 39.4 Å². The minimum Gasteiger partial charge on any atom is -0.454 e. The third kappa shape index (κ3) is 3.14. The predicted octanol–water partition coefficient (Wildman–Crippen LogP) is 1.01. The summed E-state index contributed by atoms with van der Waals surface area (Å²) in [5, 5.41) is -0.341. The summed E-state index contributed by atoms with van der Waals surface area (Å²) < 4.78 is 40.6. The van der Waals surface area contributed by atoms with Crippen molar-refractivity contribution < 1.29 is 22.6 Å². The highest BCUT2D eigenvalue weighted by Gasteiger charge is 2.30. The summed E-state index contributed by atoms with van der Waals surface area (Å²) in [6.45, 7) is 1.20.